The molecule has 2 amide bonds. The van der Waals surface area contributed by atoms with Crippen LogP contribution >= 0.6 is 11.3 Å². The van der Waals surface area contributed by atoms with Gasteiger partial charge in [0.05, 0.1) is 16.8 Å². The minimum Gasteiger partial charge on any atom is -0.321 e. The Morgan fingerprint density at radius 1 is 1.03 bits per heavy atom. The predicted molar refractivity (Wildman–Crippen MR) is 108 cm³/mol. The molecule has 0 aliphatic carbocycles. The van der Waals surface area contributed by atoms with E-state index in [1.165, 1.54) is 35.7 Å². The van der Waals surface area contributed by atoms with Crippen molar-refractivity contribution in [2.24, 2.45) is 0 Å². The van der Waals surface area contributed by atoms with E-state index in [0.29, 0.717) is 16.5 Å². The Bertz CT molecular complexity index is 1140. The molecule has 2 heterocycles. The normalized spacial score (nSPS) is 10.4. The lowest BCUT2D eigenvalue weighted by Crippen LogP contribution is -2.17. The van der Waals surface area contributed by atoms with E-state index in [-0.39, 0.29) is 22.6 Å². The lowest BCUT2D eigenvalue weighted by Gasteiger charge is -2.11. The number of nitrogens with one attached hydrogen (secondary N) is 2. The van der Waals surface area contributed by atoms with Gasteiger partial charge in [-0.15, -0.1) is 11.3 Å². The number of aryl methyl sites for hydroxylation is 2. The van der Waals surface area contributed by atoms with Gasteiger partial charge in [0.15, 0.2) is 0 Å². The maximum Gasteiger partial charge on any atom is 0.270 e. The van der Waals surface area contributed by atoms with Gasteiger partial charge in [-0.1, -0.05) is 0 Å². The lowest BCUT2D eigenvalue weighted by molar-refractivity contribution is 0.101. The summed E-state index contributed by atoms with van der Waals surface area (Å²) in [4.78, 5) is 33.1. The van der Waals surface area contributed by atoms with E-state index in [4.69, 9.17) is 0 Å². The largest absolute Gasteiger partial charge is 0.321 e. The summed E-state index contributed by atoms with van der Waals surface area (Å²) in [6.07, 6.45) is 1.32. The maximum atomic E-state index is 14.4. The van der Waals surface area contributed by atoms with Crippen molar-refractivity contribution in [3.8, 4) is 0 Å². The number of aromatic nitrogens is 2. The van der Waals surface area contributed by atoms with Gasteiger partial charge in [-0.25, -0.2) is 14.4 Å². The molecule has 3 aromatic rings. The van der Waals surface area contributed by atoms with Gasteiger partial charge in [-0.05, 0) is 49.2 Å². The molecule has 0 saturated carbocycles. The zero-order chi connectivity index (χ0) is 21.8. The van der Waals surface area contributed by atoms with Crippen molar-refractivity contribution >= 4 is 40.7 Å². The zero-order valence-corrected chi connectivity index (χ0v) is 16.6. The number of thiazole rings is 1. The van der Waals surface area contributed by atoms with Crippen LogP contribution in [0.3, 0.4) is 0 Å². The van der Waals surface area contributed by atoms with Crippen molar-refractivity contribution in [1.82, 2.24) is 9.97 Å². The van der Waals surface area contributed by atoms with Crippen molar-refractivity contribution in [2.75, 3.05) is 10.6 Å². The Hall–Kier alpha value is -3.53. The smallest absolute Gasteiger partial charge is 0.270 e. The fourth-order valence-corrected chi connectivity index (χ4v) is 3.18. The van der Waals surface area contributed by atoms with Crippen LogP contribution in [0.15, 0.2) is 42.7 Å². The fraction of sp³-hybridized carbons (Fsp3) is 0.100. The molecule has 1 aromatic carbocycles. The number of halogens is 3. The average molecular weight is 432 g/mol. The first-order valence-electron chi connectivity index (χ1n) is 8.57. The minimum atomic E-state index is -1.88. The Morgan fingerprint density at radius 3 is 2.40 bits per heavy atom. The number of anilines is 2. The molecule has 0 radical (unpaired) electrons. The number of nitrogens with zero attached hydrogens (tertiary/aromatic N) is 2. The molecule has 154 valence electrons. The molecule has 2 N–H and O–H groups in total. The molecule has 0 saturated heterocycles. The first kappa shape index (κ1) is 21.2. The molecular formula is C20H15F3N4O2S. The number of benzene rings is 1. The Labute approximate surface area is 173 Å². The van der Waals surface area contributed by atoms with Crippen LogP contribution in [0.5, 0.6) is 0 Å². The molecule has 0 fully saturated rings. The average Bonchev–Trinajstić information content (AvgIpc) is 3.11. The molecule has 6 nitrogen and oxygen atoms in total. The second-order valence-corrected chi connectivity index (χ2v) is 7.44. The second-order valence-electron chi connectivity index (χ2n) is 6.21. The highest BCUT2D eigenvalue weighted by Gasteiger charge is 2.18. The van der Waals surface area contributed by atoms with E-state index in [1.54, 1.807) is 13.8 Å². The van der Waals surface area contributed by atoms with Gasteiger partial charge in [-0.2, -0.15) is 8.78 Å². The Kier molecular flexibility index (Phi) is 6.26. The molecule has 0 spiro atoms. The van der Waals surface area contributed by atoms with Crippen molar-refractivity contribution in [3.63, 3.8) is 0 Å². The van der Waals surface area contributed by atoms with Gasteiger partial charge in [0, 0.05) is 18.0 Å². The SMILES string of the molecule is Cc1ncc(C(=O)Nc2cc(C(=O)Nc3ccc(C=C(F)F)cn3)c(F)cc2C)s1. The molecule has 0 aliphatic rings. The van der Waals surface area contributed by atoms with Crippen LogP contribution in [0.4, 0.5) is 24.7 Å². The summed E-state index contributed by atoms with van der Waals surface area (Å²) in [6.45, 7) is 3.36. The summed E-state index contributed by atoms with van der Waals surface area (Å²) in [5, 5.41) is 5.76. The summed E-state index contributed by atoms with van der Waals surface area (Å²) in [6, 6.07) is 5.00. The van der Waals surface area contributed by atoms with Crippen LogP contribution in [0.1, 0.15) is 36.2 Å². The number of hydrogen-bond donors (Lipinski definition) is 2. The van der Waals surface area contributed by atoms with E-state index >= 15 is 0 Å². The van der Waals surface area contributed by atoms with E-state index in [0.717, 1.165) is 17.3 Å². The summed E-state index contributed by atoms with van der Waals surface area (Å²) < 4.78 is 38.9. The van der Waals surface area contributed by atoms with E-state index in [2.05, 4.69) is 20.6 Å². The third-order valence-electron chi connectivity index (χ3n) is 3.96. The molecule has 0 unspecified atom stereocenters. The van der Waals surface area contributed by atoms with Gasteiger partial charge in [0.1, 0.15) is 16.5 Å². The molecule has 0 aliphatic heterocycles. The van der Waals surface area contributed by atoms with Crippen LogP contribution in [0.25, 0.3) is 6.08 Å². The Balaban J connectivity index is 1.79. The summed E-state index contributed by atoms with van der Waals surface area (Å²) in [5.41, 5.74) is 0.542. The van der Waals surface area contributed by atoms with Crippen molar-refractivity contribution in [3.05, 3.63) is 75.1 Å². The van der Waals surface area contributed by atoms with Crippen LogP contribution in [-0.4, -0.2) is 21.8 Å². The molecule has 0 atom stereocenters. The van der Waals surface area contributed by atoms with Gasteiger partial charge < -0.3 is 10.6 Å². The number of rotatable bonds is 5. The van der Waals surface area contributed by atoms with Gasteiger partial charge >= 0.3 is 0 Å². The topological polar surface area (TPSA) is 84.0 Å². The molecule has 10 heteroatoms. The standard InChI is InChI=1S/C20H15F3N4O2S/c1-10-5-14(21)13(7-15(10)26-20(29)16-9-24-11(2)30-16)19(28)27-18-4-3-12(8-25-18)6-17(22)23/h3-9H,1-2H3,(H,26,29)(H,25,27,28). The highest BCUT2D eigenvalue weighted by molar-refractivity contribution is 7.13. The zero-order valence-electron chi connectivity index (χ0n) is 15.8. The van der Waals surface area contributed by atoms with Crippen molar-refractivity contribution in [1.29, 1.82) is 0 Å². The van der Waals surface area contributed by atoms with Gasteiger partial charge in [0.25, 0.3) is 17.9 Å². The second kappa shape index (κ2) is 8.87. The quantitative estimate of drug-likeness (QED) is 0.592. The molecule has 0 bridgehead atoms. The van der Waals surface area contributed by atoms with E-state index in [1.807, 2.05) is 0 Å². The van der Waals surface area contributed by atoms with Crippen LogP contribution in [-0.2, 0) is 0 Å². The van der Waals surface area contributed by atoms with E-state index in [9.17, 15) is 22.8 Å². The van der Waals surface area contributed by atoms with Gasteiger partial charge in [-0.3, -0.25) is 9.59 Å². The first-order chi connectivity index (χ1) is 14.2. The third-order valence-corrected chi connectivity index (χ3v) is 4.87. The summed E-state index contributed by atoms with van der Waals surface area (Å²) in [5.74, 6) is -1.95. The molecule has 3 rings (SSSR count). The predicted octanol–water partition coefficient (Wildman–Crippen LogP) is 5.04. The van der Waals surface area contributed by atoms with Crippen molar-refractivity contribution < 1.29 is 22.8 Å². The van der Waals surface area contributed by atoms with Crippen molar-refractivity contribution in [2.45, 2.75) is 13.8 Å². The first-order valence-corrected chi connectivity index (χ1v) is 9.38. The number of amides is 2. The number of hydrogen-bond acceptors (Lipinski definition) is 5. The monoisotopic (exact) mass is 432 g/mol. The van der Waals surface area contributed by atoms with Crippen LogP contribution < -0.4 is 10.6 Å². The highest BCUT2D eigenvalue weighted by Crippen LogP contribution is 2.23. The fourth-order valence-electron chi connectivity index (χ4n) is 2.51. The number of carbonyl (C=O) groups is 2. The Morgan fingerprint density at radius 2 is 1.80 bits per heavy atom. The van der Waals surface area contributed by atoms with Gasteiger partial charge in [0.2, 0.25) is 0 Å². The molecule has 30 heavy (non-hydrogen) atoms. The lowest BCUT2D eigenvalue weighted by atomic mass is 10.1. The molecular weight excluding hydrogens is 417 g/mol. The number of carbonyl (C=O) groups excluding carboxylic acids is 2. The maximum absolute atomic E-state index is 14.4. The highest BCUT2D eigenvalue weighted by atomic mass is 32.1. The van der Waals surface area contributed by atoms with Crippen LogP contribution in [0.2, 0.25) is 0 Å². The van der Waals surface area contributed by atoms with Crippen LogP contribution in [0, 0.1) is 19.7 Å². The minimum absolute atomic E-state index is 0.0575. The van der Waals surface area contributed by atoms with E-state index < -0.39 is 23.7 Å². The summed E-state index contributed by atoms with van der Waals surface area (Å²) >= 11 is 1.21. The third kappa shape index (κ3) is 5.09. The number of pyridine rings is 1. The summed E-state index contributed by atoms with van der Waals surface area (Å²) in [7, 11) is 0. The molecule has 2 aromatic heterocycles.